The number of hydrogen-bond acceptors (Lipinski definition) is 5. The van der Waals surface area contributed by atoms with Crippen LogP contribution in [0.25, 0.3) is 10.6 Å². The van der Waals surface area contributed by atoms with E-state index in [1.807, 2.05) is 24.5 Å². The van der Waals surface area contributed by atoms with Gasteiger partial charge in [0.1, 0.15) is 10.0 Å². The van der Waals surface area contributed by atoms with Gasteiger partial charge in [0.25, 0.3) is 0 Å². The van der Waals surface area contributed by atoms with Crippen molar-refractivity contribution in [3.63, 3.8) is 0 Å². The van der Waals surface area contributed by atoms with Crippen LogP contribution in [0.15, 0.2) is 17.5 Å². The molecule has 148 valence electrons. The van der Waals surface area contributed by atoms with Crippen molar-refractivity contribution in [3.8, 4) is 10.6 Å². The Labute approximate surface area is 172 Å². The number of aliphatic carboxylic acids is 1. The van der Waals surface area contributed by atoms with E-state index < -0.39 is 17.8 Å². The van der Waals surface area contributed by atoms with Crippen LogP contribution in [-0.2, 0) is 22.4 Å². The zero-order chi connectivity index (χ0) is 19.7. The number of allylic oxidation sites excluding steroid dienone is 2. The Morgan fingerprint density at radius 3 is 2.61 bits per heavy atom. The average Bonchev–Trinajstić information content (AvgIpc) is 3.16. The number of nitrogens with zero attached hydrogens (tertiary/aromatic N) is 1. The second-order valence-electron chi connectivity index (χ2n) is 7.55. The van der Waals surface area contributed by atoms with Gasteiger partial charge in [0.05, 0.1) is 11.8 Å². The molecule has 5 nitrogen and oxygen atoms in total. The maximum Gasteiger partial charge on any atom is 0.307 e. The van der Waals surface area contributed by atoms with Crippen LogP contribution in [0.3, 0.4) is 0 Å². The van der Waals surface area contributed by atoms with E-state index in [0.717, 1.165) is 40.5 Å². The zero-order valence-corrected chi connectivity index (χ0v) is 17.5. The minimum atomic E-state index is -0.901. The molecule has 2 unspecified atom stereocenters. The number of nitrogens with one attached hydrogen (secondary N) is 1. The van der Waals surface area contributed by atoms with Crippen LogP contribution in [0.1, 0.15) is 48.2 Å². The summed E-state index contributed by atoms with van der Waals surface area (Å²) < 4.78 is 0. The van der Waals surface area contributed by atoms with Crippen LogP contribution in [0.4, 0.5) is 5.00 Å². The zero-order valence-electron chi connectivity index (χ0n) is 15.9. The number of carbonyl (C=O) groups is 2. The molecular formula is C21H24N2O3S2. The Morgan fingerprint density at radius 1 is 1.14 bits per heavy atom. The largest absolute Gasteiger partial charge is 0.481 e. The van der Waals surface area contributed by atoms with E-state index in [9.17, 15) is 14.7 Å². The van der Waals surface area contributed by atoms with E-state index in [-0.39, 0.29) is 5.91 Å². The summed E-state index contributed by atoms with van der Waals surface area (Å²) >= 11 is 3.26. The van der Waals surface area contributed by atoms with E-state index in [0.29, 0.717) is 12.8 Å². The summed E-state index contributed by atoms with van der Waals surface area (Å²) in [6.07, 6.45) is 10.3. The van der Waals surface area contributed by atoms with Crippen molar-refractivity contribution >= 4 is 39.6 Å². The third-order valence-electron chi connectivity index (χ3n) is 5.58. The summed E-state index contributed by atoms with van der Waals surface area (Å²) in [4.78, 5) is 30.6. The van der Waals surface area contributed by atoms with Crippen molar-refractivity contribution in [2.75, 3.05) is 5.32 Å². The maximum absolute atomic E-state index is 13.0. The molecule has 2 N–H and O–H groups in total. The molecule has 0 fully saturated rings. The number of rotatable bonds is 4. The van der Waals surface area contributed by atoms with Crippen molar-refractivity contribution < 1.29 is 14.7 Å². The second kappa shape index (κ2) is 8.17. The van der Waals surface area contributed by atoms with E-state index in [1.165, 1.54) is 23.3 Å². The highest BCUT2D eigenvalue weighted by Gasteiger charge is 2.35. The highest BCUT2D eigenvalue weighted by molar-refractivity contribution is 7.18. The van der Waals surface area contributed by atoms with Crippen molar-refractivity contribution in [2.24, 2.45) is 11.8 Å². The molecule has 2 aromatic heterocycles. The number of anilines is 1. The lowest BCUT2D eigenvalue weighted by Crippen LogP contribution is -2.34. The first-order chi connectivity index (χ1) is 13.5. The lowest BCUT2D eigenvalue weighted by atomic mass is 9.82. The molecule has 7 heteroatoms. The van der Waals surface area contributed by atoms with Crippen LogP contribution in [0.5, 0.6) is 0 Å². The van der Waals surface area contributed by atoms with Gasteiger partial charge in [-0.3, -0.25) is 9.59 Å². The molecule has 2 aliphatic carbocycles. The Balaban J connectivity index is 1.68. The van der Waals surface area contributed by atoms with E-state index in [2.05, 4.69) is 10.3 Å². The molecule has 2 aromatic rings. The fourth-order valence-electron chi connectivity index (χ4n) is 4.11. The van der Waals surface area contributed by atoms with Gasteiger partial charge >= 0.3 is 5.97 Å². The van der Waals surface area contributed by atoms with Crippen LogP contribution >= 0.6 is 22.7 Å². The van der Waals surface area contributed by atoms with Gasteiger partial charge in [-0.1, -0.05) is 18.6 Å². The molecule has 2 atom stereocenters. The van der Waals surface area contributed by atoms with Crippen molar-refractivity contribution in [2.45, 2.75) is 51.9 Å². The third kappa shape index (κ3) is 3.78. The molecule has 0 aliphatic heterocycles. The normalized spacial score (nSPS) is 21.8. The van der Waals surface area contributed by atoms with Gasteiger partial charge in [0.2, 0.25) is 5.91 Å². The molecule has 0 aromatic carbocycles. The number of hydrogen-bond donors (Lipinski definition) is 2. The molecule has 0 saturated carbocycles. The van der Waals surface area contributed by atoms with E-state index in [4.69, 9.17) is 0 Å². The van der Waals surface area contributed by atoms with Gasteiger partial charge in [0, 0.05) is 21.5 Å². The first-order valence-electron chi connectivity index (χ1n) is 9.80. The molecule has 1 amide bonds. The van der Waals surface area contributed by atoms with Gasteiger partial charge < -0.3 is 10.4 Å². The molecule has 0 radical (unpaired) electrons. The van der Waals surface area contributed by atoms with Gasteiger partial charge in [-0.25, -0.2) is 4.98 Å². The average molecular weight is 417 g/mol. The predicted molar refractivity (Wildman–Crippen MR) is 113 cm³/mol. The number of amides is 1. The number of fused-ring (bicyclic) bond motifs is 1. The highest BCUT2D eigenvalue weighted by Crippen LogP contribution is 2.45. The number of aromatic nitrogens is 1. The molecule has 2 aliphatic rings. The third-order valence-corrected chi connectivity index (χ3v) is 7.76. The lowest BCUT2D eigenvalue weighted by molar-refractivity contribution is -0.146. The fourth-order valence-corrected chi connectivity index (χ4v) is 6.34. The Kier molecular flexibility index (Phi) is 5.64. The fraction of sp³-hybridized carbons (Fsp3) is 0.476. The van der Waals surface area contributed by atoms with Crippen LogP contribution in [0.2, 0.25) is 0 Å². The molecular weight excluding hydrogens is 392 g/mol. The SMILES string of the molecule is Cc1csc(-c2c(NC(=O)C3CC=CCC3C(=O)O)sc3c2CCCCC3)n1. The van der Waals surface area contributed by atoms with Gasteiger partial charge in [-0.15, -0.1) is 22.7 Å². The number of aryl methyl sites for hydroxylation is 2. The number of thiophene rings is 1. The van der Waals surface area contributed by atoms with Crippen molar-refractivity contribution in [1.29, 1.82) is 0 Å². The summed E-state index contributed by atoms with van der Waals surface area (Å²) in [5.74, 6) is -2.28. The molecule has 2 heterocycles. The Bertz CT molecular complexity index is 928. The summed E-state index contributed by atoms with van der Waals surface area (Å²) in [7, 11) is 0. The summed E-state index contributed by atoms with van der Waals surface area (Å²) in [5.41, 5.74) is 3.37. The molecule has 0 spiro atoms. The molecule has 28 heavy (non-hydrogen) atoms. The summed E-state index contributed by atoms with van der Waals surface area (Å²) in [6, 6.07) is 0. The summed E-state index contributed by atoms with van der Waals surface area (Å²) in [6.45, 7) is 1.98. The van der Waals surface area contributed by atoms with Crippen LogP contribution in [0, 0.1) is 18.8 Å². The van der Waals surface area contributed by atoms with Gasteiger partial charge in [-0.05, 0) is 51.0 Å². The number of carboxylic acid groups (broad SMARTS) is 1. The highest BCUT2D eigenvalue weighted by atomic mass is 32.1. The molecule has 0 saturated heterocycles. The Hall–Kier alpha value is -1.99. The number of carboxylic acids is 1. The first kappa shape index (κ1) is 19.3. The first-order valence-corrected chi connectivity index (χ1v) is 11.5. The number of carbonyl (C=O) groups excluding carboxylic acids is 1. The Morgan fingerprint density at radius 2 is 1.89 bits per heavy atom. The topological polar surface area (TPSA) is 79.3 Å². The van der Waals surface area contributed by atoms with E-state index in [1.54, 1.807) is 22.7 Å². The second-order valence-corrected chi connectivity index (χ2v) is 9.51. The van der Waals surface area contributed by atoms with Crippen LogP contribution in [-0.4, -0.2) is 22.0 Å². The smallest absolute Gasteiger partial charge is 0.307 e. The quantitative estimate of drug-likeness (QED) is 0.540. The van der Waals surface area contributed by atoms with Gasteiger partial charge in [0.15, 0.2) is 0 Å². The van der Waals surface area contributed by atoms with E-state index >= 15 is 0 Å². The molecule has 0 bridgehead atoms. The van der Waals surface area contributed by atoms with Crippen molar-refractivity contribution in [3.05, 3.63) is 33.7 Å². The number of thiazole rings is 1. The predicted octanol–water partition coefficient (Wildman–Crippen LogP) is 5.05. The minimum absolute atomic E-state index is 0.192. The van der Waals surface area contributed by atoms with Gasteiger partial charge in [-0.2, -0.15) is 0 Å². The van der Waals surface area contributed by atoms with Crippen LogP contribution < -0.4 is 5.32 Å². The summed E-state index contributed by atoms with van der Waals surface area (Å²) in [5, 5.41) is 16.4. The minimum Gasteiger partial charge on any atom is -0.481 e. The maximum atomic E-state index is 13.0. The monoisotopic (exact) mass is 416 g/mol. The standard InChI is InChI=1S/C21H24N2O3S2/c1-12-11-27-19(22-12)17-15-9-3-2-4-10-16(15)28-20(17)23-18(24)13-7-5-6-8-14(13)21(25)26/h5-6,11,13-14H,2-4,7-10H2,1H3,(H,23,24)(H,25,26). The molecule has 4 rings (SSSR count). The van der Waals surface area contributed by atoms with Crippen molar-refractivity contribution in [1.82, 2.24) is 4.98 Å². The lowest BCUT2D eigenvalue weighted by Gasteiger charge is -2.24.